The molecule has 0 bridgehead atoms. The van der Waals surface area contributed by atoms with E-state index in [1.54, 1.807) is 24.3 Å². The van der Waals surface area contributed by atoms with Gasteiger partial charge in [0.05, 0.1) is 4.90 Å². The first-order chi connectivity index (χ1) is 8.67. The molecule has 1 aliphatic heterocycles. The van der Waals surface area contributed by atoms with Gasteiger partial charge in [-0.05, 0) is 23.1 Å². The van der Waals surface area contributed by atoms with Gasteiger partial charge in [-0.3, -0.25) is 4.79 Å². The third kappa shape index (κ3) is 3.35. The number of hydrogen-bond donors (Lipinski definition) is 0. The first kappa shape index (κ1) is 14.1. The Balaban J connectivity index is 2.11. The third-order valence-electron chi connectivity index (χ3n) is 3.33. The van der Waals surface area contributed by atoms with Crippen LogP contribution >= 0.6 is 0 Å². The lowest BCUT2D eigenvalue weighted by molar-refractivity contribution is -0.128. The highest BCUT2D eigenvalue weighted by molar-refractivity contribution is 7.90. The molecule has 0 aliphatic carbocycles. The van der Waals surface area contributed by atoms with Gasteiger partial charge in [-0.15, -0.1) is 0 Å². The number of carbonyl (C=O) groups is 1. The van der Waals surface area contributed by atoms with Crippen LogP contribution in [0.2, 0.25) is 0 Å². The average Bonchev–Trinajstić information content (AvgIpc) is 2.51. The molecular weight excluding hydrogens is 262 g/mol. The van der Waals surface area contributed by atoms with Crippen molar-refractivity contribution in [3.63, 3.8) is 0 Å². The van der Waals surface area contributed by atoms with E-state index in [1.165, 1.54) is 6.26 Å². The molecule has 4 nitrogen and oxygen atoms in total. The van der Waals surface area contributed by atoms with Crippen LogP contribution in [0.5, 0.6) is 0 Å². The van der Waals surface area contributed by atoms with Crippen molar-refractivity contribution in [2.75, 3.05) is 12.8 Å². The average molecular weight is 281 g/mol. The van der Waals surface area contributed by atoms with E-state index in [4.69, 9.17) is 0 Å². The van der Waals surface area contributed by atoms with Crippen LogP contribution in [0, 0.1) is 5.41 Å². The fourth-order valence-electron chi connectivity index (χ4n) is 2.39. The molecule has 1 aliphatic rings. The van der Waals surface area contributed by atoms with Crippen LogP contribution in [0.1, 0.15) is 25.8 Å². The largest absolute Gasteiger partial charge is 0.338 e. The van der Waals surface area contributed by atoms with Crippen LogP contribution in [-0.2, 0) is 21.2 Å². The Morgan fingerprint density at radius 1 is 1.21 bits per heavy atom. The molecule has 19 heavy (non-hydrogen) atoms. The summed E-state index contributed by atoms with van der Waals surface area (Å²) in [6.07, 6.45) is 1.77. The predicted molar refractivity (Wildman–Crippen MR) is 73.4 cm³/mol. The Bertz CT molecular complexity index is 588. The lowest BCUT2D eigenvalue weighted by Crippen LogP contribution is -2.25. The smallest absolute Gasteiger partial charge is 0.223 e. The van der Waals surface area contributed by atoms with E-state index < -0.39 is 9.84 Å². The van der Waals surface area contributed by atoms with Crippen molar-refractivity contribution in [2.45, 2.75) is 31.7 Å². The maximum atomic E-state index is 11.9. The molecule has 2 rings (SSSR count). The minimum Gasteiger partial charge on any atom is -0.338 e. The second-order valence-electron chi connectivity index (χ2n) is 6.01. The van der Waals surface area contributed by atoms with Crippen molar-refractivity contribution in [1.29, 1.82) is 0 Å². The van der Waals surface area contributed by atoms with Crippen LogP contribution in [0.25, 0.3) is 0 Å². The summed E-state index contributed by atoms with van der Waals surface area (Å²) in [7, 11) is -3.16. The molecule has 104 valence electrons. The van der Waals surface area contributed by atoms with E-state index in [2.05, 4.69) is 13.8 Å². The minimum atomic E-state index is -3.16. The lowest BCUT2D eigenvalue weighted by Gasteiger charge is -2.19. The second kappa shape index (κ2) is 4.63. The van der Waals surface area contributed by atoms with Crippen LogP contribution in [0.15, 0.2) is 29.2 Å². The highest BCUT2D eigenvalue weighted by atomic mass is 32.2. The van der Waals surface area contributed by atoms with Gasteiger partial charge in [0.2, 0.25) is 5.91 Å². The lowest BCUT2D eigenvalue weighted by atomic mass is 9.93. The molecule has 1 aromatic rings. The molecule has 0 atom stereocenters. The first-order valence-electron chi connectivity index (χ1n) is 6.24. The summed E-state index contributed by atoms with van der Waals surface area (Å²) in [4.78, 5) is 14.0. The predicted octanol–water partition coefficient (Wildman–Crippen LogP) is 1.85. The monoisotopic (exact) mass is 281 g/mol. The van der Waals surface area contributed by atoms with E-state index in [0.29, 0.717) is 17.9 Å². The van der Waals surface area contributed by atoms with Gasteiger partial charge < -0.3 is 4.90 Å². The Morgan fingerprint density at radius 3 is 2.21 bits per heavy atom. The summed E-state index contributed by atoms with van der Waals surface area (Å²) in [6.45, 7) is 5.46. The van der Waals surface area contributed by atoms with E-state index in [-0.39, 0.29) is 11.3 Å². The first-order valence-corrected chi connectivity index (χ1v) is 8.13. The molecule has 0 spiro atoms. The fourth-order valence-corrected chi connectivity index (χ4v) is 3.02. The van der Waals surface area contributed by atoms with E-state index in [1.807, 2.05) is 4.90 Å². The normalized spacial score (nSPS) is 18.9. The number of hydrogen-bond acceptors (Lipinski definition) is 3. The van der Waals surface area contributed by atoms with E-state index >= 15 is 0 Å². The molecule has 0 unspecified atom stereocenters. The summed E-state index contributed by atoms with van der Waals surface area (Å²) in [5.74, 6) is 0.164. The molecule has 1 aromatic carbocycles. The van der Waals surface area contributed by atoms with E-state index in [0.717, 1.165) is 12.1 Å². The zero-order chi connectivity index (χ0) is 14.3. The molecule has 0 aromatic heterocycles. The van der Waals surface area contributed by atoms with Gasteiger partial charge in [0.25, 0.3) is 0 Å². The molecule has 1 saturated heterocycles. The Labute approximate surface area is 114 Å². The topological polar surface area (TPSA) is 54.5 Å². The van der Waals surface area contributed by atoms with Gasteiger partial charge in [0, 0.05) is 25.8 Å². The summed E-state index contributed by atoms with van der Waals surface area (Å²) < 4.78 is 22.7. The van der Waals surface area contributed by atoms with Crippen LogP contribution in [0.4, 0.5) is 0 Å². The Hall–Kier alpha value is -1.36. The van der Waals surface area contributed by atoms with Gasteiger partial charge in [0.15, 0.2) is 9.84 Å². The van der Waals surface area contributed by atoms with Crippen molar-refractivity contribution in [1.82, 2.24) is 4.90 Å². The fraction of sp³-hybridized carbons (Fsp3) is 0.500. The standard InChI is InChI=1S/C14H19NO3S/c1-14(2)8-13(16)15(10-14)9-11-4-6-12(7-5-11)19(3,17)18/h4-7H,8-10H2,1-3H3. The third-order valence-corrected chi connectivity index (χ3v) is 4.45. The molecule has 1 fully saturated rings. The van der Waals surface area contributed by atoms with Gasteiger partial charge in [0.1, 0.15) is 0 Å². The zero-order valence-corrected chi connectivity index (χ0v) is 12.3. The number of carbonyl (C=O) groups excluding carboxylic acids is 1. The molecule has 1 amide bonds. The Kier molecular flexibility index (Phi) is 3.43. The molecule has 0 N–H and O–H groups in total. The number of rotatable bonds is 3. The van der Waals surface area contributed by atoms with E-state index in [9.17, 15) is 13.2 Å². The maximum Gasteiger partial charge on any atom is 0.223 e. The Morgan fingerprint density at radius 2 is 1.79 bits per heavy atom. The molecule has 0 radical (unpaired) electrons. The highest BCUT2D eigenvalue weighted by Crippen LogP contribution is 2.30. The van der Waals surface area contributed by atoms with Crippen LogP contribution in [-0.4, -0.2) is 32.0 Å². The van der Waals surface area contributed by atoms with Crippen LogP contribution < -0.4 is 0 Å². The number of amides is 1. The summed E-state index contributed by atoms with van der Waals surface area (Å²) in [6, 6.07) is 6.73. The van der Waals surface area contributed by atoms with Gasteiger partial charge in [-0.25, -0.2) is 8.42 Å². The van der Waals surface area contributed by atoms with Gasteiger partial charge in [-0.2, -0.15) is 0 Å². The van der Waals surface area contributed by atoms with Crippen molar-refractivity contribution >= 4 is 15.7 Å². The molecule has 0 saturated carbocycles. The quantitative estimate of drug-likeness (QED) is 0.849. The number of nitrogens with zero attached hydrogens (tertiary/aromatic N) is 1. The van der Waals surface area contributed by atoms with Crippen molar-refractivity contribution in [2.24, 2.45) is 5.41 Å². The van der Waals surface area contributed by atoms with Gasteiger partial charge in [-0.1, -0.05) is 26.0 Å². The maximum absolute atomic E-state index is 11.9. The number of sulfone groups is 1. The second-order valence-corrected chi connectivity index (χ2v) is 8.02. The summed E-state index contributed by atoms with van der Waals surface area (Å²) in [5, 5.41) is 0. The number of likely N-dealkylation sites (tertiary alicyclic amines) is 1. The van der Waals surface area contributed by atoms with Crippen molar-refractivity contribution in [3.05, 3.63) is 29.8 Å². The molecule has 1 heterocycles. The van der Waals surface area contributed by atoms with Crippen molar-refractivity contribution < 1.29 is 13.2 Å². The zero-order valence-electron chi connectivity index (χ0n) is 11.5. The molecular formula is C14H19NO3S. The van der Waals surface area contributed by atoms with Crippen molar-refractivity contribution in [3.8, 4) is 0 Å². The summed E-state index contributed by atoms with van der Waals surface area (Å²) in [5.41, 5.74) is 0.988. The number of benzene rings is 1. The molecule has 5 heteroatoms. The minimum absolute atomic E-state index is 0.0315. The highest BCUT2D eigenvalue weighted by Gasteiger charge is 2.35. The summed E-state index contributed by atoms with van der Waals surface area (Å²) >= 11 is 0. The van der Waals surface area contributed by atoms with Crippen LogP contribution in [0.3, 0.4) is 0 Å². The SMILES string of the molecule is CC1(C)CC(=O)N(Cc2ccc(S(C)(=O)=O)cc2)C1. The van der Waals surface area contributed by atoms with Gasteiger partial charge >= 0.3 is 0 Å².